The van der Waals surface area contributed by atoms with E-state index in [4.69, 9.17) is 9.47 Å². The van der Waals surface area contributed by atoms with Crippen LogP contribution in [0.5, 0.6) is 5.75 Å². The lowest BCUT2D eigenvalue weighted by Crippen LogP contribution is -2.48. The van der Waals surface area contributed by atoms with E-state index in [0.717, 1.165) is 31.4 Å². The van der Waals surface area contributed by atoms with Crippen molar-refractivity contribution in [3.05, 3.63) is 29.8 Å². The van der Waals surface area contributed by atoms with E-state index in [1.807, 2.05) is 24.3 Å². The number of benzene rings is 1. The third kappa shape index (κ3) is 5.96. The Kier molecular flexibility index (Phi) is 7.57. The fourth-order valence-corrected chi connectivity index (χ4v) is 2.95. The highest BCUT2D eigenvalue weighted by Crippen LogP contribution is 2.18. The Balaban J connectivity index is 1.74. The van der Waals surface area contributed by atoms with Gasteiger partial charge >= 0.3 is 12.0 Å². The lowest BCUT2D eigenvalue weighted by Gasteiger charge is -2.31. The van der Waals surface area contributed by atoms with Crippen LogP contribution in [0.25, 0.3) is 0 Å². The molecule has 1 N–H and O–H groups in total. The average Bonchev–Trinajstić information content (AvgIpc) is 2.63. The Bertz CT molecular complexity index is 559. The second-order valence-electron chi connectivity index (χ2n) is 6.20. The van der Waals surface area contributed by atoms with Crippen molar-refractivity contribution in [3.63, 3.8) is 0 Å². The fourth-order valence-electron chi connectivity index (χ4n) is 2.95. The average molecular weight is 348 g/mol. The third-order valence-corrected chi connectivity index (χ3v) is 4.25. The van der Waals surface area contributed by atoms with Crippen molar-refractivity contribution in [2.45, 2.75) is 39.5 Å². The van der Waals surface area contributed by atoms with Crippen LogP contribution in [0.3, 0.4) is 0 Å². The summed E-state index contributed by atoms with van der Waals surface area (Å²) in [5.41, 5.74) is 1.28. The zero-order valence-electron chi connectivity index (χ0n) is 15.1. The maximum absolute atomic E-state index is 12.2. The van der Waals surface area contributed by atoms with E-state index in [1.165, 1.54) is 5.56 Å². The molecule has 0 aromatic heterocycles. The standard InChI is InChI=1S/C19H28N2O4/c1-3-6-15-8-10-17(11-9-15)25-14-20-19(23)21-12-5-7-16(13-21)18(22)24-4-2/h8-11,16H,3-7,12-14H2,1-2H3,(H,20,23). The Hall–Kier alpha value is -2.24. The molecular formula is C19H28N2O4. The maximum atomic E-state index is 12.2. The third-order valence-electron chi connectivity index (χ3n) is 4.25. The van der Waals surface area contributed by atoms with Gasteiger partial charge in [0.1, 0.15) is 5.75 Å². The minimum atomic E-state index is -0.230. The van der Waals surface area contributed by atoms with Gasteiger partial charge in [0.05, 0.1) is 12.5 Å². The van der Waals surface area contributed by atoms with E-state index in [1.54, 1.807) is 11.8 Å². The molecule has 25 heavy (non-hydrogen) atoms. The molecule has 2 amide bonds. The van der Waals surface area contributed by atoms with Gasteiger partial charge in [-0.1, -0.05) is 25.5 Å². The normalized spacial score (nSPS) is 17.0. The van der Waals surface area contributed by atoms with Gasteiger partial charge in [-0.15, -0.1) is 0 Å². The van der Waals surface area contributed by atoms with Crippen LogP contribution in [0.2, 0.25) is 0 Å². The Morgan fingerprint density at radius 3 is 2.68 bits per heavy atom. The number of piperidine rings is 1. The summed E-state index contributed by atoms with van der Waals surface area (Å²) in [5.74, 6) is 0.276. The van der Waals surface area contributed by atoms with E-state index < -0.39 is 0 Å². The fraction of sp³-hybridized carbons (Fsp3) is 0.579. The maximum Gasteiger partial charge on any atom is 0.320 e. The lowest BCUT2D eigenvalue weighted by atomic mass is 9.98. The molecule has 6 nitrogen and oxygen atoms in total. The van der Waals surface area contributed by atoms with E-state index >= 15 is 0 Å². The van der Waals surface area contributed by atoms with Gasteiger partial charge in [-0.25, -0.2) is 4.79 Å². The first-order valence-corrected chi connectivity index (χ1v) is 9.05. The summed E-state index contributed by atoms with van der Waals surface area (Å²) in [6, 6.07) is 7.69. The van der Waals surface area contributed by atoms with Crippen molar-refractivity contribution in [3.8, 4) is 5.75 Å². The number of esters is 1. The molecule has 1 heterocycles. The zero-order chi connectivity index (χ0) is 18.1. The zero-order valence-corrected chi connectivity index (χ0v) is 15.1. The minimum absolute atomic E-state index is 0.104. The molecule has 2 rings (SSSR count). The number of carbonyl (C=O) groups is 2. The van der Waals surface area contributed by atoms with E-state index in [9.17, 15) is 9.59 Å². The number of hydrogen-bond donors (Lipinski definition) is 1. The van der Waals surface area contributed by atoms with Crippen molar-refractivity contribution < 1.29 is 19.1 Å². The van der Waals surface area contributed by atoms with Gasteiger partial charge in [0.15, 0.2) is 6.73 Å². The SMILES string of the molecule is CCCc1ccc(OCNC(=O)N2CCCC(C(=O)OCC)C2)cc1. The molecular weight excluding hydrogens is 320 g/mol. The summed E-state index contributed by atoms with van der Waals surface area (Å²) in [5, 5.41) is 2.74. The van der Waals surface area contributed by atoms with Gasteiger partial charge in [0.25, 0.3) is 0 Å². The molecule has 0 aliphatic carbocycles. The summed E-state index contributed by atoms with van der Waals surface area (Å²) < 4.78 is 10.6. The van der Waals surface area contributed by atoms with Crippen molar-refractivity contribution >= 4 is 12.0 Å². The number of ether oxygens (including phenoxy) is 2. The number of nitrogens with zero attached hydrogens (tertiary/aromatic N) is 1. The number of nitrogens with one attached hydrogen (secondary N) is 1. The molecule has 1 atom stereocenters. The molecule has 1 fully saturated rings. The number of amides is 2. The predicted octanol–water partition coefficient (Wildman–Crippen LogP) is 2.96. The van der Waals surface area contributed by atoms with Crippen LogP contribution >= 0.6 is 0 Å². The summed E-state index contributed by atoms with van der Waals surface area (Å²) >= 11 is 0. The van der Waals surface area contributed by atoms with Crippen LogP contribution in [0.4, 0.5) is 4.79 Å². The highest BCUT2D eigenvalue weighted by molar-refractivity contribution is 5.77. The molecule has 1 aliphatic rings. The quantitative estimate of drug-likeness (QED) is 0.608. The molecule has 1 saturated heterocycles. The van der Waals surface area contributed by atoms with E-state index in [2.05, 4.69) is 12.2 Å². The number of urea groups is 1. The van der Waals surface area contributed by atoms with Gasteiger partial charge in [0.2, 0.25) is 0 Å². The van der Waals surface area contributed by atoms with Crippen molar-refractivity contribution in [2.75, 3.05) is 26.4 Å². The predicted molar refractivity (Wildman–Crippen MR) is 95.4 cm³/mol. The van der Waals surface area contributed by atoms with Crippen molar-refractivity contribution in [1.29, 1.82) is 0 Å². The number of rotatable bonds is 7. The summed E-state index contributed by atoms with van der Waals surface area (Å²) in [7, 11) is 0. The second kappa shape index (κ2) is 9.91. The van der Waals surface area contributed by atoms with Crippen molar-refractivity contribution in [1.82, 2.24) is 10.2 Å². The largest absolute Gasteiger partial charge is 0.473 e. The number of likely N-dealkylation sites (tertiary alicyclic amines) is 1. The highest BCUT2D eigenvalue weighted by Gasteiger charge is 2.29. The van der Waals surface area contributed by atoms with Crippen LogP contribution in [0.15, 0.2) is 24.3 Å². The first-order chi connectivity index (χ1) is 12.1. The van der Waals surface area contributed by atoms with E-state index in [0.29, 0.717) is 19.7 Å². The van der Waals surface area contributed by atoms with Crippen LogP contribution in [0.1, 0.15) is 38.7 Å². The number of carbonyl (C=O) groups excluding carboxylic acids is 2. The van der Waals surface area contributed by atoms with Gasteiger partial charge in [0, 0.05) is 13.1 Å². The molecule has 6 heteroatoms. The molecule has 1 aromatic carbocycles. The van der Waals surface area contributed by atoms with Crippen LogP contribution in [-0.4, -0.2) is 43.3 Å². The molecule has 0 spiro atoms. The van der Waals surface area contributed by atoms with Crippen LogP contribution < -0.4 is 10.1 Å². The molecule has 1 aromatic rings. The molecule has 138 valence electrons. The monoisotopic (exact) mass is 348 g/mol. The first-order valence-electron chi connectivity index (χ1n) is 9.05. The van der Waals surface area contributed by atoms with Crippen LogP contribution in [-0.2, 0) is 16.0 Å². The molecule has 1 aliphatic heterocycles. The van der Waals surface area contributed by atoms with Crippen LogP contribution in [0, 0.1) is 5.92 Å². The topological polar surface area (TPSA) is 67.9 Å². The first kappa shape index (κ1) is 19.1. The van der Waals surface area contributed by atoms with Gasteiger partial charge in [-0.05, 0) is 43.9 Å². The smallest absolute Gasteiger partial charge is 0.320 e. The Morgan fingerprint density at radius 1 is 1.24 bits per heavy atom. The Labute approximate surface area is 149 Å². The number of hydrogen-bond acceptors (Lipinski definition) is 4. The second-order valence-corrected chi connectivity index (χ2v) is 6.20. The molecule has 0 saturated carbocycles. The van der Waals surface area contributed by atoms with Gasteiger partial charge < -0.3 is 19.7 Å². The minimum Gasteiger partial charge on any atom is -0.473 e. The highest BCUT2D eigenvalue weighted by atomic mass is 16.5. The summed E-state index contributed by atoms with van der Waals surface area (Å²) in [6.45, 7) is 5.45. The van der Waals surface area contributed by atoms with Gasteiger partial charge in [-0.2, -0.15) is 0 Å². The van der Waals surface area contributed by atoms with E-state index in [-0.39, 0.29) is 24.6 Å². The molecule has 1 unspecified atom stereocenters. The molecule has 0 radical (unpaired) electrons. The summed E-state index contributed by atoms with van der Waals surface area (Å²) in [4.78, 5) is 25.7. The molecule has 0 bridgehead atoms. The summed E-state index contributed by atoms with van der Waals surface area (Å²) in [6.07, 6.45) is 3.73. The van der Waals surface area contributed by atoms with Gasteiger partial charge in [-0.3, -0.25) is 4.79 Å². The number of aryl methyl sites for hydroxylation is 1. The van der Waals surface area contributed by atoms with Crippen molar-refractivity contribution in [2.24, 2.45) is 5.92 Å². The Morgan fingerprint density at radius 2 is 2.00 bits per heavy atom. The lowest BCUT2D eigenvalue weighted by molar-refractivity contribution is -0.149.